The summed E-state index contributed by atoms with van der Waals surface area (Å²) in [4.78, 5) is 13.9. The molecule has 2 aliphatic rings. The molecule has 2 saturated heterocycles. The summed E-state index contributed by atoms with van der Waals surface area (Å²) in [6.07, 6.45) is 5.29. The molecular weight excluding hydrogens is 188 g/mol. The number of hydrogen-bond donors (Lipinski definition) is 1. The minimum Gasteiger partial charge on any atom is -0.340 e. The molecule has 0 aromatic carbocycles. The Morgan fingerprint density at radius 1 is 1.20 bits per heavy atom. The van der Waals surface area contributed by atoms with Gasteiger partial charge in [-0.2, -0.15) is 0 Å². The molecule has 0 aromatic heterocycles. The molecule has 0 radical (unpaired) electrons. The van der Waals surface area contributed by atoms with Gasteiger partial charge in [0.15, 0.2) is 0 Å². The van der Waals surface area contributed by atoms with Gasteiger partial charge in [-0.1, -0.05) is 0 Å². The zero-order valence-electron chi connectivity index (χ0n) is 9.83. The highest BCUT2D eigenvalue weighted by Gasteiger charge is 2.31. The van der Waals surface area contributed by atoms with Gasteiger partial charge in [-0.05, 0) is 39.5 Å². The molecule has 2 aliphatic heterocycles. The van der Waals surface area contributed by atoms with Gasteiger partial charge in [-0.3, -0.25) is 4.79 Å². The Morgan fingerprint density at radius 2 is 1.87 bits per heavy atom. The van der Waals surface area contributed by atoms with Crippen molar-refractivity contribution in [3.63, 3.8) is 0 Å². The highest BCUT2D eigenvalue weighted by atomic mass is 16.2. The highest BCUT2D eigenvalue weighted by Crippen LogP contribution is 2.23. The van der Waals surface area contributed by atoms with Crippen LogP contribution in [0.3, 0.4) is 0 Å². The molecule has 3 heteroatoms. The van der Waals surface area contributed by atoms with Gasteiger partial charge in [0, 0.05) is 31.1 Å². The topological polar surface area (TPSA) is 32.3 Å². The van der Waals surface area contributed by atoms with Crippen LogP contribution in [-0.2, 0) is 4.79 Å². The number of piperidine rings is 2. The molecule has 0 aromatic rings. The van der Waals surface area contributed by atoms with Crippen molar-refractivity contribution in [1.29, 1.82) is 0 Å². The van der Waals surface area contributed by atoms with E-state index in [0.29, 0.717) is 24.0 Å². The average Bonchev–Trinajstić information content (AvgIpc) is 2.16. The molecule has 15 heavy (non-hydrogen) atoms. The number of likely N-dealkylation sites (tertiary alicyclic amines) is 1. The molecule has 86 valence electrons. The first-order chi connectivity index (χ1) is 7.16. The second-order valence-corrected chi connectivity index (χ2v) is 5.14. The fraction of sp³-hybridized carbons (Fsp3) is 0.917. The molecule has 2 heterocycles. The highest BCUT2D eigenvalue weighted by molar-refractivity contribution is 5.77. The molecule has 1 amide bonds. The lowest BCUT2D eigenvalue weighted by Gasteiger charge is -2.41. The van der Waals surface area contributed by atoms with Gasteiger partial charge in [0.1, 0.15) is 0 Å². The lowest BCUT2D eigenvalue weighted by Crippen LogP contribution is -2.53. The molecule has 2 rings (SSSR count). The zero-order chi connectivity index (χ0) is 10.8. The Kier molecular flexibility index (Phi) is 3.29. The minimum absolute atomic E-state index is 0.382. The van der Waals surface area contributed by atoms with Crippen LogP contribution in [0.1, 0.15) is 46.0 Å². The predicted octanol–water partition coefficient (Wildman–Crippen LogP) is 1.53. The summed E-state index contributed by atoms with van der Waals surface area (Å²) in [5.74, 6) is 0.382. The zero-order valence-corrected chi connectivity index (χ0v) is 9.83. The van der Waals surface area contributed by atoms with Gasteiger partial charge in [-0.25, -0.2) is 0 Å². The summed E-state index contributed by atoms with van der Waals surface area (Å²) in [6.45, 7) is 5.43. The molecule has 3 nitrogen and oxygen atoms in total. The predicted molar refractivity (Wildman–Crippen MR) is 60.6 cm³/mol. The number of nitrogens with zero attached hydrogens (tertiary/aromatic N) is 1. The number of hydrogen-bond acceptors (Lipinski definition) is 2. The maximum absolute atomic E-state index is 11.8. The summed E-state index contributed by atoms with van der Waals surface area (Å²) >= 11 is 0. The third kappa shape index (κ3) is 2.51. The number of nitrogens with one attached hydrogen (secondary N) is 1. The minimum atomic E-state index is 0.382. The van der Waals surface area contributed by atoms with E-state index in [9.17, 15) is 4.79 Å². The lowest BCUT2D eigenvalue weighted by molar-refractivity contribution is -0.136. The number of rotatable bonds is 1. The van der Waals surface area contributed by atoms with Crippen molar-refractivity contribution in [2.45, 2.75) is 64.1 Å². The van der Waals surface area contributed by atoms with Crippen molar-refractivity contribution in [1.82, 2.24) is 10.2 Å². The van der Waals surface area contributed by atoms with E-state index in [1.54, 1.807) is 0 Å². The van der Waals surface area contributed by atoms with Crippen LogP contribution in [0.15, 0.2) is 0 Å². The SMILES string of the molecule is CC1CC(N2CCCCC2=O)CC(C)N1. The van der Waals surface area contributed by atoms with Crippen LogP contribution < -0.4 is 5.32 Å². The van der Waals surface area contributed by atoms with Gasteiger partial charge in [0.05, 0.1) is 0 Å². The van der Waals surface area contributed by atoms with Crippen LogP contribution in [0.4, 0.5) is 0 Å². The van der Waals surface area contributed by atoms with E-state index >= 15 is 0 Å². The van der Waals surface area contributed by atoms with E-state index < -0.39 is 0 Å². The standard InChI is InChI=1S/C12H22N2O/c1-9-7-11(8-10(2)13-9)14-6-4-3-5-12(14)15/h9-11,13H,3-8H2,1-2H3. The van der Waals surface area contributed by atoms with Crippen LogP contribution in [0, 0.1) is 0 Å². The van der Waals surface area contributed by atoms with Crippen LogP contribution in [0.5, 0.6) is 0 Å². The van der Waals surface area contributed by atoms with Crippen LogP contribution in [0.25, 0.3) is 0 Å². The maximum atomic E-state index is 11.8. The number of amides is 1. The second kappa shape index (κ2) is 4.52. The quantitative estimate of drug-likeness (QED) is 0.712. The van der Waals surface area contributed by atoms with Gasteiger partial charge in [0.2, 0.25) is 5.91 Å². The molecular formula is C12H22N2O. The van der Waals surface area contributed by atoms with Crippen molar-refractivity contribution >= 4 is 5.91 Å². The van der Waals surface area contributed by atoms with E-state index in [-0.39, 0.29) is 0 Å². The molecule has 0 spiro atoms. The molecule has 2 atom stereocenters. The maximum Gasteiger partial charge on any atom is 0.222 e. The summed E-state index contributed by atoms with van der Waals surface area (Å²) in [5, 5.41) is 3.53. The Labute approximate surface area is 92.2 Å². The van der Waals surface area contributed by atoms with Crippen molar-refractivity contribution in [2.75, 3.05) is 6.54 Å². The molecule has 2 unspecified atom stereocenters. The monoisotopic (exact) mass is 210 g/mol. The molecule has 0 saturated carbocycles. The summed E-state index contributed by atoms with van der Waals surface area (Å²) in [7, 11) is 0. The smallest absolute Gasteiger partial charge is 0.222 e. The van der Waals surface area contributed by atoms with Crippen molar-refractivity contribution in [3.05, 3.63) is 0 Å². The third-order valence-corrected chi connectivity index (χ3v) is 3.62. The fourth-order valence-electron chi connectivity index (χ4n) is 3.00. The Hall–Kier alpha value is -0.570. The lowest BCUT2D eigenvalue weighted by atomic mass is 9.92. The number of carbonyl (C=O) groups excluding carboxylic acids is 1. The van der Waals surface area contributed by atoms with Gasteiger partial charge >= 0.3 is 0 Å². The van der Waals surface area contributed by atoms with E-state index in [1.807, 2.05) is 0 Å². The van der Waals surface area contributed by atoms with E-state index in [0.717, 1.165) is 32.2 Å². The van der Waals surface area contributed by atoms with Crippen molar-refractivity contribution in [2.24, 2.45) is 0 Å². The van der Waals surface area contributed by atoms with Crippen molar-refractivity contribution in [3.8, 4) is 0 Å². The Morgan fingerprint density at radius 3 is 2.47 bits per heavy atom. The first-order valence-electron chi connectivity index (χ1n) is 6.22. The fourth-order valence-corrected chi connectivity index (χ4v) is 3.00. The molecule has 1 N–H and O–H groups in total. The summed E-state index contributed by atoms with van der Waals surface area (Å²) in [6, 6.07) is 1.59. The Bertz CT molecular complexity index is 232. The summed E-state index contributed by atoms with van der Waals surface area (Å²) < 4.78 is 0. The molecule has 0 aliphatic carbocycles. The van der Waals surface area contributed by atoms with Crippen LogP contribution in [0.2, 0.25) is 0 Å². The molecule has 0 bridgehead atoms. The third-order valence-electron chi connectivity index (χ3n) is 3.62. The van der Waals surface area contributed by atoms with E-state index in [1.165, 1.54) is 6.42 Å². The largest absolute Gasteiger partial charge is 0.340 e. The van der Waals surface area contributed by atoms with Crippen LogP contribution in [-0.4, -0.2) is 35.5 Å². The first-order valence-corrected chi connectivity index (χ1v) is 6.22. The number of carbonyl (C=O) groups is 1. The van der Waals surface area contributed by atoms with Gasteiger partial charge in [-0.15, -0.1) is 0 Å². The van der Waals surface area contributed by atoms with Gasteiger partial charge < -0.3 is 10.2 Å². The normalized spacial score (nSPS) is 38.1. The van der Waals surface area contributed by atoms with E-state index in [2.05, 4.69) is 24.1 Å². The van der Waals surface area contributed by atoms with E-state index in [4.69, 9.17) is 0 Å². The first kappa shape index (κ1) is 10.9. The van der Waals surface area contributed by atoms with Crippen molar-refractivity contribution < 1.29 is 4.79 Å². The van der Waals surface area contributed by atoms with Gasteiger partial charge in [0.25, 0.3) is 0 Å². The second-order valence-electron chi connectivity index (χ2n) is 5.14. The Balaban J connectivity index is 1.99. The average molecular weight is 210 g/mol. The summed E-state index contributed by atoms with van der Waals surface area (Å²) in [5.41, 5.74) is 0. The molecule has 2 fully saturated rings. The van der Waals surface area contributed by atoms with Crippen LogP contribution >= 0.6 is 0 Å².